The first-order valence-corrected chi connectivity index (χ1v) is 17.0. The second-order valence-corrected chi connectivity index (χ2v) is 13.9. The molecule has 4 rings (SSSR count). The van der Waals surface area contributed by atoms with Gasteiger partial charge in [-0.25, -0.2) is 22.0 Å². The number of sulfone groups is 1. The number of aliphatic imine (C=N–C) groups is 2. The Morgan fingerprint density at radius 2 is 1.33 bits per heavy atom. The number of rotatable bonds is 6. The molecule has 3 aromatic rings. The van der Waals surface area contributed by atoms with Crippen LogP contribution < -0.4 is 33.0 Å². The van der Waals surface area contributed by atoms with Crippen molar-refractivity contribution >= 4 is 60.6 Å². The molecule has 2 aromatic carbocycles. The molecule has 0 saturated carbocycles. The summed E-state index contributed by atoms with van der Waals surface area (Å²) < 4.78 is 47.6. The first-order valence-electron chi connectivity index (χ1n) is 12.7. The van der Waals surface area contributed by atoms with Crippen LogP contribution in [-0.2, 0) is 19.9 Å². The van der Waals surface area contributed by atoms with Gasteiger partial charge in [0.05, 0.1) is 15.5 Å². The Hall–Kier alpha value is -4.32. The normalized spacial score (nSPS) is 13.3. The first kappa shape index (κ1) is 33.2. The Morgan fingerprint density at radius 1 is 0.791 bits per heavy atom. The Kier molecular flexibility index (Phi) is 10.6. The van der Waals surface area contributed by atoms with Crippen LogP contribution >= 0.6 is 11.3 Å². The number of carbonyl (C=O) groups excluding carboxylic acids is 2. The van der Waals surface area contributed by atoms with Gasteiger partial charge in [-0.05, 0) is 61.0 Å². The van der Waals surface area contributed by atoms with Crippen molar-refractivity contribution in [2.24, 2.45) is 38.1 Å². The number of carbonyl (C=O) groups is 2. The Balaban J connectivity index is 0.000000236. The van der Waals surface area contributed by atoms with Crippen LogP contribution in [0.3, 0.4) is 0 Å². The van der Waals surface area contributed by atoms with Crippen LogP contribution in [0.2, 0.25) is 0 Å². The Morgan fingerprint density at radius 3 is 1.79 bits per heavy atom. The van der Waals surface area contributed by atoms with Gasteiger partial charge in [0.15, 0.2) is 21.8 Å². The van der Waals surface area contributed by atoms with Crippen LogP contribution in [0, 0.1) is 0 Å². The summed E-state index contributed by atoms with van der Waals surface area (Å²) in [6.07, 6.45) is 4.33. The van der Waals surface area contributed by atoms with Crippen molar-refractivity contribution in [3.8, 4) is 10.4 Å². The molecule has 43 heavy (non-hydrogen) atoms. The van der Waals surface area contributed by atoms with Gasteiger partial charge in [0.2, 0.25) is 10.0 Å². The lowest BCUT2D eigenvalue weighted by Gasteiger charge is -2.30. The number of thiophene rings is 1. The lowest BCUT2D eigenvalue weighted by molar-refractivity contribution is 0.0994. The lowest BCUT2D eigenvalue weighted by atomic mass is 10.1. The van der Waals surface area contributed by atoms with Gasteiger partial charge in [-0.2, -0.15) is 9.98 Å². The van der Waals surface area contributed by atoms with Crippen molar-refractivity contribution in [1.29, 1.82) is 0 Å². The maximum absolute atomic E-state index is 12.1. The number of sulfonamides is 1. The largest absolute Gasteiger partial charge is 0.370 e. The number of amides is 2. The minimum absolute atomic E-state index is 0.0349. The van der Waals surface area contributed by atoms with Crippen molar-refractivity contribution in [1.82, 2.24) is 0 Å². The monoisotopic (exact) mass is 648 g/mol. The molecule has 1 aliphatic heterocycles. The molecule has 0 bridgehead atoms. The number of nitrogens with two attached hydrogens (primary N) is 5. The zero-order valence-electron chi connectivity index (χ0n) is 23.1. The van der Waals surface area contributed by atoms with E-state index in [1.54, 1.807) is 29.6 Å². The van der Waals surface area contributed by atoms with E-state index in [2.05, 4.69) is 9.98 Å². The van der Waals surface area contributed by atoms with Crippen LogP contribution in [0.4, 0.5) is 5.69 Å². The van der Waals surface area contributed by atoms with E-state index in [0.717, 1.165) is 43.5 Å². The zero-order chi connectivity index (χ0) is 31.9. The fourth-order valence-corrected chi connectivity index (χ4v) is 6.75. The van der Waals surface area contributed by atoms with Crippen molar-refractivity contribution < 1.29 is 26.4 Å². The summed E-state index contributed by atoms with van der Waals surface area (Å²) in [6.45, 7) is 1.62. The van der Waals surface area contributed by atoms with Gasteiger partial charge in [-0.1, -0.05) is 12.1 Å². The van der Waals surface area contributed by atoms with Gasteiger partial charge < -0.3 is 27.8 Å². The number of anilines is 1. The summed E-state index contributed by atoms with van der Waals surface area (Å²) in [6, 6.07) is 12.2. The van der Waals surface area contributed by atoms with Crippen LogP contribution in [0.25, 0.3) is 10.4 Å². The molecule has 2 amide bonds. The number of piperidine rings is 1. The van der Waals surface area contributed by atoms with Crippen LogP contribution in [0.15, 0.2) is 73.7 Å². The summed E-state index contributed by atoms with van der Waals surface area (Å²) >= 11 is 1.36. The molecular formula is C26H32N8O6S3. The third-order valence-corrected chi connectivity index (χ3v) is 9.07. The molecule has 2 heterocycles. The summed E-state index contributed by atoms with van der Waals surface area (Å²) in [5.74, 6) is -2.15. The minimum Gasteiger partial charge on any atom is -0.370 e. The fraction of sp³-hybridized carbons (Fsp3) is 0.231. The molecule has 230 valence electrons. The highest BCUT2D eigenvalue weighted by molar-refractivity contribution is 7.91. The van der Waals surface area contributed by atoms with Crippen LogP contribution in [-0.4, -0.2) is 59.9 Å². The molecule has 1 saturated heterocycles. The summed E-state index contributed by atoms with van der Waals surface area (Å²) in [5.41, 5.74) is 21.9. The molecule has 10 N–H and O–H groups in total. The maximum Gasteiger partial charge on any atom is 0.280 e. The van der Waals surface area contributed by atoms with Gasteiger partial charge in [0.25, 0.3) is 11.8 Å². The topological polar surface area (TPSA) is 260 Å². The summed E-state index contributed by atoms with van der Waals surface area (Å²) in [5, 5.41) is 7.02. The van der Waals surface area contributed by atoms with E-state index in [-0.39, 0.29) is 26.9 Å². The van der Waals surface area contributed by atoms with Crippen molar-refractivity contribution in [2.75, 3.05) is 24.2 Å². The van der Waals surface area contributed by atoms with Crippen molar-refractivity contribution in [3.63, 3.8) is 0 Å². The molecule has 1 fully saturated rings. The quantitative estimate of drug-likeness (QED) is 0.186. The highest BCUT2D eigenvalue weighted by Gasteiger charge is 2.22. The number of hydrogen-bond donors (Lipinski definition) is 5. The predicted octanol–water partition coefficient (Wildman–Crippen LogP) is 0.970. The summed E-state index contributed by atoms with van der Waals surface area (Å²) in [4.78, 5) is 33.2. The highest BCUT2D eigenvalue weighted by atomic mass is 32.2. The number of benzene rings is 2. The average Bonchev–Trinajstić information content (AvgIpc) is 3.47. The van der Waals surface area contributed by atoms with E-state index in [1.807, 2.05) is 4.90 Å². The van der Waals surface area contributed by atoms with Crippen LogP contribution in [0.5, 0.6) is 0 Å². The predicted molar refractivity (Wildman–Crippen MR) is 167 cm³/mol. The van der Waals surface area contributed by atoms with Crippen molar-refractivity contribution in [2.45, 2.75) is 29.1 Å². The smallest absolute Gasteiger partial charge is 0.280 e. The van der Waals surface area contributed by atoms with Gasteiger partial charge >= 0.3 is 0 Å². The second-order valence-electron chi connectivity index (χ2n) is 9.42. The van der Waals surface area contributed by atoms with E-state index >= 15 is 0 Å². The number of primary sulfonamides is 1. The van der Waals surface area contributed by atoms with E-state index in [9.17, 15) is 26.4 Å². The third-order valence-electron chi connectivity index (χ3n) is 6.09. The molecule has 17 heteroatoms. The number of nitrogens with zero attached hydrogens (tertiary/aromatic N) is 3. The molecule has 1 aliphatic rings. The molecule has 0 radical (unpaired) electrons. The SMILES string of the molecule is CS(=O)(=O)c1cc(C(=O)N=C(N)N)ccc1N1CCCCC1.NC(N)=NC(=O)c1ccc(-c2cccs2)c(S(N)(=O)=O)c1. The lowest BCUT2D eigenvalue weighted by Crippen LogP contribution is -2.30. The maximum atomic E-state index is 12.1. The van der Waals surface area contributed by atoms with Crippen molar-refractivity contribution in [3.05, 3.63) is 65.0 Å². The van der Waals surface area contributed by atoms with E-state index in [0.29, 0.717) is 11.3 Å². The van der Waals surface area contributed by atoms with E-state index in [1.165, 1.54) is 35.6 Å². The molecule has 0 atom stereocenters. The van der Waals surface area contributed by atoms with Gasteiger partial charge in [0.1, 0.15) is 0 Å². The average molecular weight is 649 g/mol. The first-order chi connectivity index (χ1) is 20.1. The second kappa shape index (κ2) is 13.8. The zero-order valence-corrected chi connectivity index (χ0v) is 25.6. The Labute approximate surface area is 253 Å². The van der Waals surface area contributed by atoms with Gasteiger partial charge in [0, 0.05) is 40.9 Å². The fourth-order valence-electron chi connectivity index (χ4n) is 4.23. The number of hydrogen-bond acceptors (Lipinski definition) is 8. The minimum atomic E-state index is -4.00. The molecule has 0 unspecified atom stereocenters. The Bertz CT molecular complexity index is 1770. The molecule has 0 aliphatic carbocycles. The third kappa shape index (κ3) is 9.08. The molecule has 1 aromatic heterocycles. The van der Waals surface area contributed by atoms with E-state index in [4.69, 9.17) is 28.1 Å². The van der Waals surface area contributed by atoms with Gasteiger partial charge in [-0.3, -0.25) is 9.59 Å². The van der Waals surface area contributed by atoms with Gasteiger partial charge in [-0.15, -0.1) is 11.3 Å². The molecule has 14 nitrogen and oxygen atoms in total. The van der Waals surface area contributed by atoms with Crippen LogP contribution in [0.1, 0.15) is 40.0 Å². The summed E-state index contributed by atoms with van der Waals surface area (Å²) in [7, 11) is -7.47. The van der Waals surface area contributed by atoms with E-state index < -0.39 is 37.6 Å². The molecule has 0 spiro atoms. The standard InChI is InChI=1S/C14H20N4O3S.C12H12N4O3S2/c1-22(20,21)12-9-10(13(19)17-14(15)16)5-6-11(12)18-7-3-2-4-8-18;13-12(14)16-11(17)7-3-4-8(9-2-1-5-20-9)10(6-7)21(15,18)19/h5-6,9H,2-4,7-8H2,1H3,(H4,15,16,17,19);1-6H,(H2,15,18,19)(H4,13,14,16,17). The molecular weight excluding hydrogens is 617 g/mol. The number of guanidine groups is 2. The highest BCUT2D eigenvalue weighted by Crippen LogP contribution is 2.32.